The Hall–Kier alpha value is -5.06. The molecule has 4 rings (SSSR count). The van der Waals surface area contributed by atoms with Gasteiger partial charge in [0.05, 0.1) is 29.1 Å². The van der Waals surface area contributed by atoms with Crippen LogP contribution in [-0.2, 0) is 4.74 Å². The SMILES string of the molecule is CCOC(=O)Nc1cc(OC(=O)c2cccnc2)c(F)cc1-c1cc(=O)c2ccccc2n1C(=O)O. The lowest BCUT2D eigenvalue weighted by Gasteiger charge is -2.17. The van der Waals surface area contributed by atoms with E-state index in [2.05, 4.69) is 10.3 Å². The van der Waals surface area contributed by atoms with Gasteiger partial charge in [0.1, 0.15) is 0 Å². The first-order chi connectivity index (χ1) is 17.3. The molecule has 0 spiro atoms. The number of carbonyl (C=O) groups excluding carboxylic acids is 2. The normalized spacial score (nSPS) is 10.6. The third-order valence-electron chi connectivity index (χ3n) is 5.07. The van der Waals surface area contributed by atoms with E-state index in [1.807, 2.05) is 0 Å². The highest BCUT2D eigenvalue weighted by atomic mass is 19.1. The van der Waals surface area contributed by atoms with Crippen LogP contribution in [0.25, 0.3) is 22.2 Å². The van der Waals surface area contributed by atoms with Gasteiger partial charge in [-0.05, 0) is 37.3 Å². The Bertz CT molecular complexity index is 1550. The Morgan fingerprint density at radius 2 is 1.89 bits per heavy atom. The first-order valence-electron chi connectivity index (χ1n) is 10.6. The molecule has 4 aromatic rings. The smallest absolute Gasteiger partial charge is 0.416 e. The summed E-state index contributed by atoms with van der Waals surface area (Å²) >= 11 is 0. The van der Waals surface area contributed by atoms with Crippen molar-refractivity contribution in [2.75, 3.05) is 11.9 Å². The zero-order valence-corrected chi connectivity index (χ0v) is 18.7. The van der Waals surface area contributed by atoms with Crippen LogP contribution in [0, 0.1) is 5.82 Å². The quantitative estimate of drug-likeness (QED) is 0.307. The number of carboxylic acid groups (broad SMARTS) is 1. The fraction of sp³-hybridized carbons (Fsp3) is 0.0800. The van der Waals surface area contributed by atoms with E-state index >= 15 is 4.39 Å². The number of amides is 1. The van der Waals surface area contributed by atoms with Crippen LogP contribution in [0.3, 0.4) is 0 Å². The number of hydrogen-bond donors (Lipinski definition) is 2. The molecule has 1 amide bonds. The molecule has 0 aliphatic rings. The van der Waals surface area contributed by atoms with Crippen molar-refractivity contribution in [3.63, 3.8) is 0 Å². The van der Waals surface area contributed by atoms with Gasteiger partial charge in [0.2, 0.25) is 0 Å². The van der Waals surface area contributed by atoms with Crippen LogP contribution >= 0.6 is 0 Å². The molecule has 0 bridgehead atoms. The lowest BCUT2D eigenvalue weighted by molar-refractivity contribution is 0.0727. The number of para-hydroxylation sites is 1. The maximum absolute atomic E-state index is 15.2. The molecule has 0 radical (unpaired) electrons. The molecule has 2 heterocycles. The van der Waals surface area contributed by atoms with Crippen molar-refractivity contribution in [3.05, 3.63) is 88.6 Å². The molecule has 2 aromatic carbocycles. The van der Waals surface area contributed by atoms with Gasteiger partial charge < -0.3 is 14.6 Å². The summed E-state index contributed by atoms with van der Waals surface area (Å²) < 4.78 is 26.0. The molecule has 0 saturated carbocycles. The van der Waals surface area contributed by atoms with Crippen LogP contribution in [0.15, 0.2) is 71.8 Å². The maximum Gasteiger partial charge on any atom is 0.416 e. The van der Waals surface area contributed by atoms with Crippen molar-refractivity contribution in [1.82, 2.24) is 9.55 Å². The number of nitrogens with zero attached hydrogens (tertiary/aromatic N) is 2. The monoisotopic (exact) mass is 491 g/mol. The minimum atomic E-state index is -1.45. The molecule has 182 valence electrons. The molecular weight excluding hydrogens is 473 g/mol. The fourth-order valence-corrected chi connectivity index (χ4v) is 3.54. The average molecular weight is 491 g/mol. The van der Waals surface area contributed by atoms with Gasteiger partial charge in [0, 0.05) is 35.5 Å². The number of anilines is 1. The highest BCUT2D eigenvalue weighted by Crippen LogP contribution is 2.35. The minimum Gasteiger partial charge on any atom is -0.464 e. The number of benzene rings is 2. The molecule has 36 heavy (non-hydrogen) atoms. The summed E-state index contributed by atoms with van der Waals surface area (Å²) in [5, 5.41) is 12.4. The van der Waals surface area contributed by atoms with Crippen molar-refractivity contribution < 1.29 is 33.4 Å². The Labute approximate surface area is 202 Å². The van der Waals surface area contributed by atoms with Crippen molar-refractivity contribution in [2.45, 2.75) is 6.92 Å². The van der Waals surface area contributed by atoms with E-state index in [1.54, 1.807) is 19.1 Å². The Morgan fingerprint density at radius 1 is 1.11 bits per heavy atom. The van der Waals surface area contributed by atoms with Crippen molar-refractivity contribution >= 4 is 34.7 Å². The van der Waals surface area contributed by atoms with Crippen LogP contribution < -0.4 is 15.5 Å². The Morgan fingerprint density at radius 3 is 2.58 bits per heavy atom. The lowest BCUT2D eigenvalue weighted by atomic mass is 10.0. The summed E-state index contributed by atoms with van der Waals surface area (Å²) in [4.78, 5) is 53.4. The number of esters is 1. The number of pyridine rings is 2. The summed E-state index contributed by atoms with van der Waals surface area (Å²) in [6.45, 7) is 1.58. The van der Waals surface area contributed by atoms with Crippen molar-refractivity contribution in [3.8, 4) is 17.0 Å². The molecule has 0 aliphatic heterocycles. The zero-order chi connectivity index (χ0) is 25.8. The second kappa shape index (κ2) is 10.1. The second-order valence-electron chi connectivity index (χ2n) is 7.33. The molecule has 0 fully saturated rings. The van der Waals surface area contributed by atoms with E-state index < -0.39 is 35.2 Å². The maximum atomic E-state index is 15.2. The number of rotatable bonds is 5. The van der Waals surface area contributed by atoms with Crippen LogP contribution in [0.5, 0.6) is 5.75 Å². The Balaban J connectivity index is 1.91. The highest BCUT2D eigenvalue weighted by Gasteiger charge is 2.23. The number of fused-ring (bicyclic) bond motifs is 1. The van der Waals surface area contributed by atoms with Crippen LogP contribution in [0.2, 0.25) is 0 Å². The average Bonchev–Trinajstić information content (AvgIpc) is 2.86. The van der Waals surface area contributed by atoms with E-state index in [0.29, 0.717) is 0 Å². The third-order valence-corrected chi connectivity index (χ3v) is 5.07. The van der Waals surface area contributed by atoms with Crippen molar-refractivity contribution in [2.24, 2.45) is 0 Å². The van der Waals surface area contributed by atoms with Gasteiger partial charge in [0.25, 0.3) is 0 Å². The summed E-state index contributed by atoms with van der Waals surface area (Å²) in [5.41, 5.74) is -0.951. The topological polar surface area (TPSA) is 137 Å². The summed E-state index contributed by atoms with van der Waals surface area (Å²) in [5.74, 6) is -2.51. The fourth-order valence-electron chi connectivity index (χ4n) is 3.54. The van der Waals surface area contributed by atoms with Crippen LogP contribution in [0.4, 0.5) is 19.7 Å². The molecular formula is C25H18FN3O7. The van der Waals surface area contributed by atoms with Crippen molar-refractivity contribution in [1.29, 1.82) is 0 Å². The summed E-state index contributed by atoms with van der Waals surface area (Å²) in [6.07, 6.45) is 0.294. The molecule has 0 unspecified atom stereocenters. The first kappa shape index (κ1) is 24.1. The summed E-state index contributed by atoms with van der Waals surface area (Å²) in [6, 6.07) is 11.8. The molecule has 0 atom stereocenters. The van der Waals surface area contributed by atoms with Crippen LogP contribution in [0.1, 0.15) is 17.3 Å². The van der Waals surface area contributed by atoms with Crippen LogP contribution in [-0.4, -0.2) is 39.4 Å². The molecule has 11 heteroatoms. The number of aromatic nitrogens is 2. The van der Waals surface area contributed by atoms with Gasteiger partial charge >= 0.3 is 18.2 Å². The standard InChI is InChI=1S/C25H18FN3O7/c1-2-35-24(32)28-18-11-22(36-23(31)14-6-5-9-27-13-14)17(26)10-16(18)20-12-21(30)15-7-3-4-8-19(15)29(20)25(33)34/h3-13H,2H2,1H3,(H,28,32)(H,33,34). The van der Waals surface area contributed by atoms with E-state index in [-0.39, 0.29) is 40.0 Å². The zero-order valence-electron chi connectivity index (χ0n) is 18.7. The first-order valence-corrected chi connectivity index (χ1v) is 10.6. The number of carbonyl (C=O) groups is 3. The van der Waals surface area contributed by atoms with Gasteiger partial charge in [-0.3, -0.25) is 15.1 Å². The number of halogens is 1. The van der Waals surface area contributed by atoms with Gasteiger partial charge in [-0.25, -0.2) is 23.3 Å². The predicted octanol–water partition coefficient (Wildman–Crippen LogP) is 4.52. The third kappa shape index (κ3) is 4.75. The molecule has 0 aliphatic carbocycles. The highest BCUT2D eigenvalue weighted by molar-refractivity contribution is 5.97. The largest absolute Gasteiger partial charge is 0.464 e. The van der Waals surface area contributed by atoms with E-state index in [9.17, 15) is 24.3 Å². The number of hydrogen-bond acceptors (Lipinski definition) is 7. The summed E-state index contributed by atoms with van der Waals surface area (Å²) in [7, 11) is 0. The van der Waals surface area contributed by atoms with Gasteiger partial charge in [-0.2, -0.15) is 0 Å². The molecule has 2 N–H and O–H groups in total. The van der Waals surface area contributed by atoms with Gasteiger partial charge in [-0.15, -0.1) is 0 Å². The number of ether oxygens (including phenoxy) is 2. The molecule has 2 aromatic heterocycles. The van der Waals surface area contributed by atoms with Gasteiger partial charge in [0.15, 0.2) is 17.0 Å². The minimum absolute atomic E-state index is 0.0149. The lowest BCUT2D eigenvalue weighted by Crippen LogP contribution is -2.19. The molecule has 10 nitrogen and oxygen atoms in total. The second-order valence-corrected chi connectivity index (χ2v) is 7.33. The number of nitrogens with one attached hydrogen (secondary N) is 1. The van der Waals surface area contributed by atoms with Gasteiger partial charge in [-0.1, -0.05) is 12.1 Å². The van der Waals surface area contributed by atoms with E-state index in [0.717, 1.165) is 22.8 Å². The Kier molecular flexibility index (Phi) is 6.72. The van der Waals surface area contributed by atoms with E-state index in [4.69, 9.17) is 9.47 Å². The predicted molar refractivity (Wildman–Crippen MR) is 127 cm³/mol. The molecule has 0 saturated heterocycles. The van der Waals surface area contributed by atoms with E-state index in [1.165, 1.54) is 36.7 Å².